The van der Waals surface area contributed by atoms with E-state index in [0.29, 0.717) is 24.7 Å². The Morgan fingerprint density at radius 2 is 1.67 bits per heavy atom. The SMILES string of the molecule is NC(=O)c1cc(N2CCCCC2)ccc1NS(=O)(=O)c1ccc2c(c1)OCCCO2. The van der Waals surface area contributed by atoms with Crippen LogP contribution in [0.3, 0.4) is 0 Å². The quantitative estimate of drug-likeness (QED) is 0.753. The number of carbonyl (C=O) groups excluding carboxylic acids is 1. The molecule has 1 saturated heterocycles. The molecule has 0 bridgehead atoms. The molecule has 0 saturated carbocycles. The fourth-order valence-corrected chi connectivity index (χ4v) is 4.78. The summed E-state index contributed by atoms with van der Waals surface area (Å²) in [7, 11) is -3.96. The molecule has 8 nitrogen and oxygen atoms in total. The zero-order chi connectivity index (χ0) is 21.1. The van der Waals surface area contributed by atoms with Gasteiger partial charge in [0.25, 0.3) is 15.9 Å². The maximum absolute atomic E-state index is 13.0. The van der Waals surface area contributed by atoms with Crippen molar-refractivity contribution in [2.45, 2.75) is 30.6 Å². The van der Waals surface area contributed by atoms with Gasteiger partial charge in [0.15, 0.2) is 11.5 Å². The van der Waals surface area contributed by atoms with Gasteiger partial charge in [0.1, 0.15) is 0 Å². The van der Waals surface area contributed by atoms with E-state index in [1.165, 1.54) is 18.6 Å². The normalized spacial score (nSPS) is 16.6. The highest BCUT2D eigenvalue weighted by Gasteiger charge is 2.22. The number of sulfonamides is 1. The lowest BCUT2D eigenvalue weighted by Gasteiger charge is -2.29. The van der Waals surface area contributed by atoms with E-state index in [1.807, 2.05) is 6.07 Å². The highest BCUT2D eigenvalue weighted by molar-refractivity contribution is 7.92. The number of nitrogens with two attached hydrogens (primary N) is 1. The number of hydrogen-bond acceptors (Lipinski definition) is 6. The van der Waals surface area contributed by atoms with Gasteiger partial charge in [-0.3, -0.25) is 9.52 Å². The third-order valence-electron chi connectivity index (χ3n) is 5.26. The molecular weight excluding hydrogens is 406 g/mol. The largest absolute Gasteiger partial charge is 0.490 e. The van der Waals surface area contributed by atoms with Gasteiger partial charge in [-0.2, -0.15) is 0 Å². The van der Waals surface area contributed by atoms with Crippen molar-refractivity contribution in [2.75, 3.05) is 35.9 Å². The summed E-state index contributed by atoms with van der Waals surface area (Å²) in [5, 5.41) is 0. The summed E-state index contributed by atoms with van der Waals surface area (Å²) in [5.41, 5.74) is 6.70. The number of rotatable bonds is 5. The van der Waals surface area contributed by atoms with Gasteiger partial charge in [-0.25, -0.2) is 8.42 Å². The molecular formula is C21H25N3O5S. The van der Waals surface area contributed by atoms with Crippen LogP contribution in [0.1, 0.15) is 36.0 Å². The average Bonchev–Trinajstić information content (AvgIpc) is 2.99. The number of nitrogens with one attached hydrogen (secondary N) is 1. The van der Waals surface area contributed by atoms with Crippen LogP contribution in [-0.2, 0) is 10.0 Å². The van der Waals surface area contributed by atoms with E-state index in [0.717, 1.165) is 38.0 Å². The Labute approximate surface area is 176 Å². The van der Waals surface area contributed by atoms with Crippen molar-refractivity contribution < 1.29 is 22.7 Å². The molecule has 30 heavy (non-hydrogen) atoms. The van der Waals surface area contributed by atoms with Crippen molar-refractivity contribution in [1.29, 1.82) is 0 Å². The number of anilines is 2. The van der Waals surface area contributed by atoms with Gasteiger partial charge < -0.3 is 20.1 Å². The highest BCUT2D eigenvalue weighted by Crippen LogP contribution is 2.33. The van der Waals surface area contributed by atoms with Gasteiger partial charge >= 0.3 is 0 Å². The smallest absolute Gasteiger partial charge is 0.262 e. The number of amides is 1. The van der Waals surface area contributed by atoms with Crippen molar-refractivity contribution in [2.24, 2.45) is 5.73 Å². The first-order valence-corrected chi connectivity index (χ1v) is 11.5. The summed E-state index contributed by atoms with van der Waals surface area (Å²) in [6.07, 6.45) is 4.09. The lowest BCUT2D eigenvalue weighted by atomic mass is 10.1. The van der Waals surface area contributed by atoms with Crippen LogP contribution in [0, 0.1) is 0 Å². The molecule has 0 spiro atoms. The lowest BCUT2D eigenvalue weighted by Crippen LogP contribution is -2.29. The first-order chi connectivity index (χ1) is 14.4. The molecule has 0 atom stereocenters. The second-order valence-electron chi connectivity index (χ2n) is 7.41. The van der Waals surface area contributed by atoms with Crippen LogP contribution in [0.15, 0.2) is 41.3 Å². The molecule has 0 unspecified atom stereocenters. The number of primary amides is 1. The summed E-state index contributed by atoms with van der Waals surface area (Å²) >= 11 is 0. The highest BCUT2D eigenvalue weighted by atomic mass is 32.2. The molecule has 4 rings (SSSR count). The molecule has 2 aromatic rings. The molecule has 1 amide bonds. The van der Waals surface area contributed by atoms with E-state index < -0.39 is 15.9 Å². The Kier molecular flexibility index (Phi) is 5.72. The van der Waals surface area contributed by atoms with Crippen molar-refractivity contribution in [3.8, 4) is 11.5 Å². The fourth-order valence-electron chi connectivity index (χ4n) is 3.69. The van der Waals surface area contributed by atoms with Gasteiger partial charge in [0.05, 0.1) is 29.4 Å². The molecule has 3 N–H and O–H groups in total. The van der Waals surface area contributed by atoms with Gasteiger partial charge in [-0.15, -0.1) is 0 Å². The van der Waals surface area contributed by atoms with Crippen LogP contribution in [0.4, 0.5) is 11.4 Å². The molecule has 2 heterocycles. The van der Waals surface area contributed by atoms with Gasteiger partial charge in [-0.05, 0) is 49.6 Å². The lowest BCUT2D eigenvalue weighted by molar-refractivity contribution is 0.100. The van der Waals surface area contributed by atoms with E-state index in [2.05, 4.69) is 9.62 Å². The monoisotopic (exact) mass is 431 g/mol. The first-order valence-electron chi connectivity index (χ1n) is 10.1. The summed E-state index contributed by atoms with van der Waals surface area (Å²) < 4.78 is 39.6. The number of ether oxygens (including phenoxy) is 2. The Morgan fingerprint density at radius 3 is 2.40 bits per heavy atom. The summed E-state index contributed by atoms with van der Waals surface area (Å²) in [6.45, 7) is 2.78. The Balaban J connectivity index is 1.62. The van der Waals surface area contributed by atoms with E-state index in [1.54, 1.807) is 18.2 Å². The molecule has 2 aliphatic heterocycles. The maximum Gasteiger partial charge on any atom is 0.262 e. The van der Waals surface area contributed by atoms with Crippen molar-refractivity contribution in [3.05, 3.63) is 42.0 Å². The van der Waals surface area contributed by atoms with Gasteiger partial charge in [-0.1, -0.05) is 0 Å². The van der Waals surface area contributed by atoms with Gasteiger partial charge in [0.2, 0.25) is 0 Å². The molecule has 9 heteroatoms. The summed E-state index contributed by atoms with van der Waals surface area (Å²) in [6, 6.07) is 9.49. The van der Waals surface area contributed by atoms with Crippen LogP contribution in [-0.4, -0.2) is 40.6 Å². The minimum absolute atomic E-state index is 0.0160. The molecule has 160 valence electrons. The van der Waals surface area contributed by atoms with Gasteiger partial charge in [0, 0.05) is 31.3 Å². The Morgan fingerprint density at radius 1 is 0.933 bits per heavy atom. The minimum atomic E-state index is -3.96. The van der Waals surface area contributed by atoms with E-state index >= 15 is 0 Å². The number of hydrogen-bond donors (Lipinski definition) is 2. The van der Waals surface area contributed by atoms with Crippen LogP contribution in [0.25, 0.3) is 0 Å². The number of benzene rings is 2. The van der Waals surface area contributed by atoms with Crippen LogP contribution >= 0.6 is 0 Å². The molecule has 2 aromatic carbocycles. The predicted octanol–water partition coefficient (Wildman–Crippen LogP) is 2.74. The summed E-state index contributed by atoms with van der Waals surface area (Å²) in [5.74, 6) is 0.200. The molecule has 1 fully saturated rings. The Bertz CT molecular complexity index is 1050. The molecule has 0 aromatic heterocycles. The third kappa shape index (κ3) is 4.30. The Hall–Kier alpha value is -2.94. The second-order valence-corrected chi connectivity index (χ2v) is 9.09. The van der Waals surface area contributed by atoms with Crippen molar-refractivity contribution in [3.63, 3.8) is 0 Å². The fraction of sp³-hybridized carbons (Fsp3) is 0.381. The number of piperidine rings is 1. The van der Waals surface area contributed by atoms with E-state index in [-0.39, 0.29) is 16.1 Å². The number of nitrogens with zero attached hydrogens (tertiary/aromatic N) is 1. The average molecular weight is 432 g/mol. The molecule has 2 aliphatic rings. The van der Waals surface area contributed by atoms with Crippen LogP contribution in [0.2, 0.25) is 0 Å². The van der Waals surface area contributed by atoms with Crippen LogP contribution < -0.4 is 24.8 Å². The maximum atomic E-state index is 13.0. The number of carbonyl (C=O) groups is 1. The molecule has 0 aliphatic carbocycles. The van der Waals surface area contributed by atoms with E-state index in [4.69, 9.17) is 15.2 Å². The topological polar surface area (TPSA) is 111 Å². The molecule has 0 radical (unpaired) electrons. The number of fused-ring (bicyclic) bond motifs is 1. The van der Waals surface area contributed by atoms with Crippen molar-refractivity contribution >= 4 is 27.3 Å². The predicted molar refractivity (Wildman–Crippen MR) is 114 cm³/mol. The van der Waals surface area contributed by atoms with E-state index in [9.17, 15) is 13.2 Å². The summed E-state index contributed by atoms with van der Waals surface area (Å²) in [4.78, 5) is 14.2. The first kappa shape index (κ1) is 20.3. The minimum Gasteiger partial charge on any atom is -0.490 e. The zero-order valence-corrected chi connectivity index (χ0v) is 17.4. The second kappa shape index (κ2) is 8.43. The van der Waals surface area contributed by atoms with Crippen molar-refractivity contribution in [1.82, 2.24) is 0 Å². The van der Waals surface area contributed by atoms with Crippen LogP contribution in [0.5, 0.6) is 11.5 Å². The standard InChI is InChI=1S/C21H25N3O5S/c22-21(25)17-13-15(24-9-2-1-3-10-24)5-7-18(17)23-30(26,27)16-6-8-19-20(14-16)29-12-4-11-28-19/h5-8,13-14,23H,1-4,9-12H2,(H2,22,25). The zero-order valence-electron chi connectivity index (χ0n) is 16.6. The third-order valence-corrected chi connectivity index (χ3v) is 6.63.